The second-order valence-corrected chi connectivity index (χ2v) is 6.58. The molecule has 1 heterocycles. The molecule has 0 amide bonds. The van der Waals surface area contributed by atoms with Gasteiger partial charge in [-0.25, -0.2) is 4.98 Å². The van der Waals surface area contributed by atoms with Crippen LogP contribution in [-0.4, -0.2) is 23.3 Å². The van der Waals surface area contributed by atoms with Gasteiger partial charge in [0.2, 0.25) is 0 Å². The smallest absolute Gasteiger partial charge is 0.0940 e. The number of hydrogen-bond acceptors (Lipinski definition) is 4. The van der Waals surface area contributed by atoms with E-state index in [4.69, 9.17) is 0 Å². The monoisotopic (exact) mass is 292 g/mol. The Morgan fingerprint density at radius 3 is 3.00 bits per heavy atom. The molecule has 0 saturated heterocycles. The Morgan fingerprint density at radius 2 is 2.32 bits per heavy atom. The Morgan fingerprint density at radius 1 is 1.42 bits per heavy atom. The lowest BCUT2D eigenvalue weighted by molar-refractivity contribution is 0.571. The van der Waals surface area contributed by atoms with Crippen molar-refractivity contribution in [3.63, 3.8) is 0 Å². The highest BCUT2D eigenvalue weighted by molar-refractivity contribution is 7.99. The molecule has 4 heteroatoms. The summed E-state index contributed by atoms with van der Waals surface area (Å²) < 4.78 is 0. The molecule has 1 unspecified atom stereocenters. The molecule has 2 aromatic rings. The van der Waals surface area contributed by atoms with Gasteiger partial charge in [-0.05, 0) is 25.6 Å². The van der Waals surface area contributed by atoms with Crippen molar-refractivity contribution in [1.29, 1.82) is 0 Å². The van der Waals surface area contributed by atoms with Gasteiger partial charge < -0.3 is 5.32 Å². The van der Waals surface area contributed by atoms with Gasteiger partial charge in [-0.3, -0.25) is 0 Å². The van der Waals surface area contributed by atoms with Gasteiger partial charge in [0.15, 0.2) is 0 Å². The van der Waals surface area contributed by atoms with Crippen molar-refractivity contribution < 1.29 is 0 Å². The average Bonchev–Trinajstić information content (AvgIpc) is 2.89. The van der Waals surface area contributed by atoms with Crippen LogP contribution in [0.4, 0.5) is 0 Å². The lowest BCUT2D eigenvalue weighted by Gasteiger charge is -2.16. The van der Waals surface area contributed by atoms with Gasteiger partial charge in [0.05, 0.1) is 5.01 Å². The Balaban J connectivity index is 1.89. The highest BCUT2D eigenvalue weighted by Gasteiger charge is 2.10. The summed E-state index contributed by atoms with van der Waals surface area (Å²) in [5, 5.41) is 6.82. The van der Waals surface area contributed by atoms with Gasteiger partial charge >= 0.3 is 0 Å². The fourth-order valence-corrected chi connectivity index (χ4v) is 3.72. The fourth-order valence-electron chi connectivity index (χ4n) is 1.95. The summed E-state index contributed by atoms with van der Waals surface area (Å²) >= 11 is 3.66. The minimum absolute atomic E-state index is 0.488. The third-order valence-electron chi connectivity index (χ3n) is 2.84. The molecule has 1 aromatic carbocycles. The van der Waals surface area contributed by atoms with Crippen molar-refractivity contribution in [1.82, 2.24) is 10.3 Å². The number of nitrogens with one attached hydrogen (secondary N) is 1. The molecule has 2 rings (SSSR count). The molecule has 0 aliphatic carbocycles. The Bertz CT molecular complexity index is 483. The number of benzene rings is 1. The molecule has 0 aliphatic heterocycles. The van der Waals surface area contributed by atoms with Gasteiger partial charge in [0.25, 0.3) is 0 Å². The third kappa shape index (κ3) is 4.97. The highest BCUT2D eigenvalue weighted by Crippen LogP contribution is 2.21. The number of thioether (sulfide) groups is 1. The summed E-state index contributed by atoms with van der Waals surface area (Å²) in [4.78, 5) is 5.73. The molecule has 102 valence electrons. The second-order valence-electron chi connectivity index (χ2n) is 4.51. The van der Waals surface area contributed by atoms with Gasteiger partial charge in [-0.15, -0.1) is 23.1 Å². The standard InChI is InChI=1S/C15H20N2S2/c1-3-16-13(10-15-17-7-8-18-15)11-19-14-6-4-5-12(2)9-14/h4-9,13,16H,3,10-11H2,1-2H3. The first-order valence-corrected chi connectivity index (χ1v) is 8.45. The zero-order valence-electron chi connectivity index (χ0n) is 11.4. The largest absolute Gasteiger partial charge is 0.313 e. The Labute approximate surface area is 123 Å². The molecule has 0 bridgehead atoms. The van der Waals surface area contributed by atoms with E-state index in [1.165, 1.54) is 15.5 Å². The number of hydrogen-bond donors (Lipinski definition) is 1. The third-order valence-corrected chi connectivity index (χ3v) is 4.80. The van der Waals surface area contributed by atoms with Crippen LogP contribution in [0.25, 0.3) is 0 Å². The lowest BCUT2D eigenvalue weighted by Crippen LogP contribution is -2.33. The molecule has 0 radical (unpaired) electrons. The molecule has 0 spiro atoms. The summed E-state index contributed by atoms with van der Waals surface area (Å²) in [6.45, 7) is 5.30. The maximum Gasteiger partial charge on any atom is 0.0940 e. The summed E-state index contributed by atoms with van der Waals surface area (Å²) in [6, 6.07) is 9.19. The number of aromatic nitrogens is 1. The van der Waals surface area contributed by atoms with E-state index in [0.717, 1.165) is 18.7 Å². The van der Waals surface area contributed by atoms with E-state index in [1.807, 2.05) is 23.3 Å². The fraction of sp³-hybridized carbons (Fsp3) is 0.400. The van der Waals surface area contributed by atoms with Crippen LogP contribution in [0.15, 0.2) is 40.7 Å². The van der Waals surface area contributed by atoms with Crippen LogP contribution in [0.1, 0.15) is 17.5 Å². The molecular formula is C15H20N2S2. The predicted octanol–water partition coefficient (Wildman–Crippen LogP) is 3.76. The molecule has 0 aliphatic rings. The zero-order chi connectivity index (χ0) is 13.5. The molecule has 0 fully saturated rings. The van der Waals surface area contributed by atoms with E-state index in [2.05, 4.69) is 48.4 Å². The van der Waals surface area contributed by atoms with Crippen molar-refractivity contribution in [3.05, 3.63) is 46.4 Å². The van der Waals surface area contributed by atoms with Crippen LogP contribution in [0.2, 0.25) is 0 Å². The minimum Gasteiger partial charge on any atom is -0.313 e. The molecule has 0 saturated carbocycles. The van der Waals surface area contributed by atoms with Crippen LogP contribution < -0.4 is 5.32 Å². The summed E-state index contributed by atoms with van der Waals surface area (Å²) in [7, 11) is 0. The topological polar surface area (TPSA) is 24.9 Å². The second kappa shape index (κ2) is 7.68. The maximum atomic E-state index is 4.38. The first-order chi connectivity index (χ1) is 9.28. The van der Waals surface area contributed by atoms with Crippen LogP contribution in [0.5, 0.6) is 0 Å². The van der Waals surface area contributed by atoms with Crippen molar-refractivity contribution in [2.75, 3.05) is 12.3 Å². The Kier molecular flexibility index (Phi) is 5.89. The summed E-state index contributed by atoms with van der Waals surface area (Å²) in [5.41, 5.74) is 1.32. The zero-order valence-corrected chi connectivity index (χ0v) is 13.1. The van der Waals surface area contributed by atoms with E-state index in [0.29, 0.717) is 6.04 Å². The molecule has 2 nitrogen and oxygen atoms in total. The SMILES string of the molecule is CCNC(CSc1cccc(C)c1)Cc1nccs1. The number of likely N-dealkylation sites (N-methyl/N-ethyl adjacent to an activating group) is 1. The Hall–Kier alpha value is -0.840. The quantitative estimate of drug-likeness (QED) is 0.786. The highest BCUT2D eigenvalue weighted by atomic mass is 32.2. The first kappa shape index (κ1) is 14.6. The molecule has 1 aromatic heterocycles. The van der Waals surface area contributed by atoms with E-state index >= 15 is 0 Å². The van der Waals surface area contributed by atoms with E-state index in [9.17, 15) is 0 Å². The van der Waals surface area contributed by atoms with E-state index < -0.39 is 0 Å². The van der Waals surface area contributed by atoms with Crippen LogP contribution in [-0.2, 0) is 6.42 Å². The predicted molar refractivity (Wildman–Crippen MR) is 85.2 cm³/mol. The molecule has 1 N–H and O–H groups in total. The number of aryl methyl sites for hydroxylation is 1. The first-order valence-electron chi connectivity index (χ1n) is 6.59. The van der Waals surface area contributed by atoms with Crippen molar-refractivity contribution in [2.24, 2.45) is 0 Å². The van der Waals surface area contributed by atoms with Crippen LogP contribution in [0, 0.1) is 6.92 Å². The van der Waals surface area contributed by atoms with Gasteiger partial charge in [0.1, 0.15) is 0 Å². The number of thiazole rings is 1. The molecular weight excluding hydrogens is 272 g/mol. The molecule has 19 heavy (non-hydrogen) atoms. The van der Waals surface area contributed by atoms with E-state index in [-0.39, 0.29) is 0 Å². The average molecular weight is 292 g/mol. The number of rotatable bonds is 7. The van der Waals surface area contributed by atoms with E-state index in [1.54, 1.807) is 11.3 Å². The maximum absolute atomic E-state index is 4.38. The van der Waals surface area contributed by atoms with Crippen LogP contribution in [0.3, 0.4) is 0 Å². The van der Waals surface area contributed by atoms with Crippen LogP contribution >= 0.6 is 23.1 Å². The lowest BCUT2D eigenvalue weighted by atomic mass is 10.2. The number of nitrogens with zero attached hydrogens (tertiary/aromatic N) is 1. The summed E-state index contributed by atoms with van der Waals surface area (Å²) in [6.07, 6.45) is 2.90. The van der Waals surface area contributed by atoms with Gasteiger partial charge in [-0.2, -0.15) is 0 Å². The minimum atomic E-state index is 0.488. The van der Waals surface area contributed by atoms with Crippen molar-refractivity contribution in [2.45, 2.75) is 31.2 Å². The van der Waals surface area contributed by atoms with Gasteiger partial charge in [-0.1, -0.05) is 24.6 Å². The van der Waals surface area contributed by atoms with Gasteiger partial charge in [0, 0.05) is 34.7 Å². The normalized spacial score (nSPS) is 12.5. The van der Waals surface area contributed by atoms with Crippen molar-refractivity contribution >= 4 is 23.1 Å². The molecule has 1 atom stereocenters. The van der Waals surface area contributed by atoms with Crippen molar-refractivity contribution in [3.8, 4) is 0 Å². The summed E-state index contributed by atoms with van der Waals surface area (Å²) in [5.74, 6) is 1.08.